The average molecular weight is 413 g/mol. The van der Waals surface area contributed by atoms with Crippen LogP contribution in [0.1, 0.15) is 70.3 Å². The first kappa shape index (κ1) is 20.9. The van der Waals surface area contributed by atoms with E-state index in [1.54, 1.807) is 13.0 Å². The van der Waals surface area contributed by atoms with Crippen molar-refractivity contribution in [2.75, 3.05) is 6.61 Å². The molecule has 1 aliphatic rings. The van der Waals surface area contributed by atoms with Gasteiger partial charge in [0.25, 0.3) is 0 Å². The van der Waals surface area contributed by atoms with E-state index < -0.39 is 11.6 Å². The maximum atomic E-state index is 14.6. The highest BCUT2D eigenvalue weighted by atomic mass is 19.2. The van der Waals surface area contributed by atoms with Crippen LogP contribution in [0.25, 0.3) is 22.3 Å². The van der Waals surface area contributed by atoms with E-state index in [1.165, 1.54) is 56.6 Å². The lowest BCUT2D eigenvalue weighted by Crippen LogP contribution is -2.14. The molecule has 1 aromatic heterocycles. The van der Waals surface area contributed by atoms with Gasteiger partial charge in [-0.05, 0) is 62.1 Å². The number of ether oxygens (including phenoxy) is 1. The van der Waals surface area contributed by atoms with E-state index in [-0.39, 0.29) is 17.9 Å². The molecule has 0 atom stereocenters. The lowest BCUT2D eigenvalue weighted by Gasteiger charge is -2.29. The van der Waals surface area contributed by atoms with Crippen molar-refractivity contribution in [1.82, 2.24) is 0 Å². The maximum absolute atomic E-state index is 14.6. The van der Waals surface area contributed by atoms with Gasteiger partial charge in [0.15, 0.2) is 11.3 Å². The van der Waals surface area contributed by atoms with Crippen LogP contribution in [0.15, 0.2) is 40.8 Å². The van der Waals surface area contributed by atoms with E-state index in [9.17, 15) is 8.78 Å². The fraction of sp³-hybridized carbons (Fsp3) is 0.462. The summed E-state index contributed by atoms with van der Waals surface area (Å²) in [5.41, 5.74) is 2.17. The number of hydrogen-bond acceptors (Lipinski definition) is 2. The Morgan fingerprint density at radius 1 is 1.00 bits per heavy atom. The Balaban J connectivity index is 1.64. The summed E-state index contributed by atoms with van der Waals surface area (Å²) >= 11 is 0. The van der Waals surface area contributed by atoms with Gasteiger partial charge < -0.3 is 9.15 Å². The van der Waals surface area contributed by atoms with Crippen molar-refractivity contribution in [2.45, 2.75) is 64.7 Å². The van der Waals surface area contributed by atoms with Crippen molar-refractivity contribution in [1.29, 1.82) is 0 Å². The second-order valence-electron chi connectivity index (χ2n) is 8.41. The molecule has 0 bridgehead atoms. The third kappa shape index (κ3) is 4.10. The van der Waals surface area contributed by atoms with E-state index >= 15 is 0 Å². The van der Waals surface area contributed by atoms with E-state index in [0.717, 1.165) is 11.5 Å². The lowest BCUT2D eigenvalue weighted by atomic mass is 9.76. The molecule has 0 saturated heterocycles. The molecule has 2 nitrogen and oxygen atoms in total. The van der Waals surface area contributed by atoms with Gasteiger partial charge in [-0.25, -0.2) is 0 Å². The maximum Gasteiger partial charge on any atom is 0.205 e. The minimum absolute atomic E-state index is 0.0518. The molecule has 1 saturated carbocycles. The first-order valence-electron chi connectivity index (χ1n) is 11.3. The Morgan fingerprint density at radius 3 is 2.50 bits per heavy atom. The van der Waals surface area contributed by atoms with Gasteiger partial charge in [-0.3, -0.25) is 0 Å². The first-order chi connectivity index (χ1) is 14.6. The first-order valence-corrected chi connectivity index (χ1v) is 11.3. The van der Waals surface area contributed by atoms with E-state index in [0.29, 0.717) is 17.1 Å². The lowest BCUT2D eigenvalue weighted by molar-refractivity contribution is 0.304. The number of hydrogen-bond donors (Lipinski definition) is 0. The van der Waals surface area contributed by atoms with Gasteiger partial charge in [-0.15, -0.1) is 0 Å². The number of fused-ring (bicyclic) bond motifs is 1. The van der Waals surface area contributed by atoms with E-state index in [4.69, 9.17) is 9.15 Å². The summed E-state index contributed by atoms with van der Waals surface area (Å²) < 4.78 is 39.9. The average Bonchev–Trinajstić information content (AvgIpc) is 3.20. The molecule has 160 valence electrons. The van der Waals surface area contributed by atoms with Crippen molar-refractivity contribution < 1.29 is 17.9 Å². The molecule has 4 rings (SSSR count). The number of unbranched alkanes of at least 4 members (excludes halogenated alkanes) is 1. The van der Waals surface area contributed by atoms with Crippen LogP contribution in [-0.4, -0.2) is 6.61 Å². The van der Waals surface area contributed by atoms with Crippen molar-refractivity contribution in [2.24, 2.45) is 5.92 Å². The molecule has 0 unspecified atom stereocenters. The molecule has 0 spiro atoms. The molecule has 1 aliphatic carbocycles. The van der Waals surface area contributed by atoms with Crippen LogP contribution in [0.4, 0.5) is 8.78 Å². The van der Waals surface area contributed by atoms with Gasteiger partial charge in [0.05, 0.1) is 6.61 Å². The Labute approximate surface area is 177 Å². The van der Waals surface area contributed by atoms with Gasteiger partial charge in [0.2, 0.25) is 11.6 Å². The normalized spacial score (nSPS) is 19.3. The Hall–Kier alpha value is -2.36. The second kappa shape index (κ2) is 9.20. The van der Waals surface area contributed by atoms with Crippen LogP contribution in [0.2, 0.25) is 0 Å². The van der Waals surface area contributed by atoms with Gasteiger partial charge in [-0.1, -0.05) is 50.5 Å². The zero-order chi connectivity index (χ0) is 21.1. The van der Waals surface area contributed by atoms with Gasteiger partial charge in [0.1, 0.15) is 5.76 Å². The number of halogens is 2. The minimum Gasteiger partial charge on any atom is -0.491 e. The monoisotopic (exact) mass is 412 g/mol. The van der Waals surface area contributed by atoms with E-state index in [2.05, 4.69) is 19.1 Å². The van der Waals surface area contributed by atoms with Crippen LogP contribution in [0.5, 0.6) is 5.75 Å². The Morgan fingerprint density at radius 2 is 1.77 bits per heavy atom. The largest absolute Gasteiger partial charge is 0.491 e. The molecule has 0 radical (unpaired) electrons. The summed E-state index contributed by atoms with van der Waals surface area (Å²) in [6.07, 6.45) is 8.77. The number of rotatable bonds is 7. The molecular weight excluding hydrogens is 382 g/mol. The predicted molar refractivity (Wildman–Crippen MR) is 117 cm³/mol. The fourth-order valence-corrected chi connectivity index (χ4v) is 4.82. The number of furan rings is 1. The van der Waals surface area contributed by atoms with E-state index in [1.807, 2.05) is 12.1 Å². The Bertz CT molecular complexity index is 1000. The molecule has 30 heavy (non-hydrogen) atoms. The zero-order valence-corrected chi connectivity index (χ0v) is 17.8. The van der Waals surface area contributed by atoms with Crippen molar-refractivity contribution in [3.63, 3.8) is 0 Å². The molecule has 1 fully saturated rings. The summed E-state index contributed by atoms with van der Waals surface area (Å²) in [7, 11) is 0. The molecule has 0 N–H and O–H groups in total. The van der Waals surface area contributed by atoms with Crippen LogP contribution in [0, 0.1) is 17.6 Å². The molecule has 0 aliphatic heterocycles. The van der Waals surface area contributed by atoms with Crippen LogP contribution in [0.3, 0.4) is 0 Å². The molecule has 2 aromatic carbocycles. The smallest absolute Gasteiger partial charge is 0.205 e. The van der Waals surface area contributed by atoms with Crippen LogP contribution in [-0.2, 0) is 0 Å². The Kier molecular flexibility index (Phi) is 6.40. The second-order valence-corrected chi connectivity index (χ2v) is 8.41. The fourth-order valence-electron chi connectivity index (χ4n) is 4.82. The molecule has 1 heterocycles. The number of benzene rings is 2. The molecule has 4 heteroatoms. The molecule has 0 amide bonds. The highest BCUT2D eigenvalue weighted by Gasteiger charge is 2.25. The standard InChI is InChI=1S/C26H30F2O2/c1-3-5-8-17-11-13-18(14-12-17)20-9-6-7-10-21(20)22-15-19-16-23(29-4-2)24(27)25(28)26(19)30-22/h6-7,9-10,15-18H,3-5,8,11-14H2,1-2H3. The van der Waals surface area contributed by atoms with Gasteiger partial charge >= 0.3 is 0 Å². The topological polar surface area (TPSA) is 22.4 Å². The predicted octanol–water partition coefficient (Wildman–Crippen LogP) is 8.24. The summed E-state index contributed by atoms with van der Waals surface area (Å²) in [5, 5.41) is 0.519. The van der Waals surface area contributed by atoms with Gasteiger partial charge in [-0.2, -0.15) is 8.78 Å². The third-order valence-corrected chi connectivity index (χ3v) is 6.43. The van der Waals surface area contributed by atoms with Crippen LogP contribution >= 0.6 is 0 Å². The van der Waals surface area contributed by atoms with Gasteiger partial charge in [0, 0.05) is 10.9 Å². The summed E-state index contributed by atoms with van der Waals surface area (Å²) in [4.78, 5) is 0. The highest BCUT2D eigenvalue weighted by molar-refractivity contribution is 5.85. The van der Waals surface area contributed by atoms with Crippen molar-refractivity contribution in [3.05, 3.63) is 53.6 Å². The highest BCUT2D eigenvalue weighted by Crippen LogP contribution is 2.43. The quantitative estimate of drug-likeness (QED) is 0.390. The minimum atomic E-state index is -0.996. The third-order valence-electron chi connectivity index (χ3n) is 6.43. The molecule has 3 aromatic rings. The summed E-state index contributed by atoms with van der Waals surface area (Å²) in [6, 6.07) is 11.5. The van der Waals surface area contributed by atoms with Crippen molar-refractivity contribution >= 4 is 11.0 Å². The summed E-state index contributed by atoms with van der Waals surface area (Å²) in [6.45, 7) is 4.27. The zero-order valence-electron chi connectivity index (χ0n) is 17.8. The van der Waals surface area contributed by atoms with Crippen molar-refractivity contribution in [3.8, 4) is 17.1 Å². The van der Waals surface area contributed by atoms with Crippen LogP contribution < -0.4 is 4.74 Å². The molecular formula is C26H30F2O2. The SMILES string of the molecule is CCCCC1CCC(c2ccccc2-c2cc3cc(OCC)c(F)c(F)c3o2)CC1. The summed E-state index contributed by atoms with van der Waals surface area (Å²) in [5.74, 6) is -0.157.